The number of hydrogen-bond acceptors (Lipinski definition) is 6. The number of rotatable bonds is 10. The number of nitrogens with one attached hydrogen (secondary N) is 2. The highest BCUT2D eigenvalue weighted by molar-refractivity contribution is 7.08. The third kappa shape index (κ3) is 5.83. The fourth-order valence-electron chi connectivity index (χ4n) is 4.70. The highest BCUT2D eigenvalue weighted by Gasteiger charge is 2.25. The number of aliphatic hydroxyl groups is 1. The van der Waals surface area contributed by atoms with Crippen molar-refractivity contribution < 1.29 is 14.7 Å². The van der Waals surface area contributed by atoms with Crippen molar-refractivity contribution in [2.24, 2.45) is 5.92 Å². The molecule has 4 heterocycles. The minimum absolute atomic E-state index is 0.164. The second-order valence-corrected chi connectivity index (χ2v) is 11.0. The number of thiophene rings is 1. The van der Waals surface area contributed by atoms with E-state index in [1.165, 1.54) is 11.3 Å². The molecule has 0 unspecified atom stereocenters. The third-order valence-electron chi connectivity index (χ3n) is 6.57. The van der Waals surface area contributed by atoms with E-state index in [2.05, 4.69) is 15.7 Å². The number of aryl methyl sites for hydroxylation is 1. The van der Waals surface area contributed by atoms with Gasteiger partial charge < -0.3 is 15.7 Å². The largest absolute Gasteiger partial charge is 0.394 e. The highest BCUT2D eigenvalue weighted by Crippen LogP contribution is 2.28. The number of fused-ring (bicyclic) bond motifs is 1. The number of aliphatic hydroxyl groups excluding tert-OH is 1. The third-order valence-corrected chi connectivity index (χ3v) is 7.25. The van der Waals surface area contributed by atoms with Crippen LogP contribution in [0.5, 0.6) is 0 Å². The summed E-state index contributed by atoms with van der Waals surface area (Å²) >= 11 is 1.50. The van der Waals surface area contributed by atoms with Crippen molar-refractivity contribution in [2.45, 2.75) is 39.8 Å². The predicted molar refractivity (Wildman–Crippen MR) is 156 cm³/mol. The van der Waals surface area contributed by atoms with E-state index < -0.39 is 0 Å². The molecular formula is C30H32N6O3S. The molecule has 206 valence electrons. The summed E-state index contributed by atoms with van der Waals surface area (Å²) in [7, 11) is 0. The summed E-state index contributed by atoms with van der Waals surface area (Å²) in [6, 6.07) is 13.0. The number of hydrogen-bond donors (Lipinski definition) is 3. The molecule has 1 aromatic carbocycles. The summed E-state index contributed by atoms with van der Waals surface area (Å²) in [6.07, 6.45) is 5.98. The van der Waals surface area contributed by atoms with Crippen LogP contribution in [0.2, 0.25) is 0 Å². The maximum Gasteiger partial charge on any atom is 0.270 e. The maximum atomic E-state index is 13.5. The normalized spacial score (nSPS) is 12.1. The van der Waals surface area contributed by atoms with Gasteiger partial charge in [-0.15, -0.1) is 0 Å². The fourth-order valence-corrected chi connectivity index (χ4v) is 5.35. The van der Waals surface area contributed by atoms with Crippen molar-refractivity contribution in [3.63, 3.8) is 0 Å². The number of nitrogens with zero attached hydrogens (tertiary/aromatic N) is 4. The van der Waals surface area contributed by atoms with Gasteiger partial charge in [-0.2, -0.15) is 16.4 Å². The number of carbonyl (C=O) groups excluding carboxylic acids is 2. The molecule has 0 fully saturated rings. The second kappa shape index (κ2) is 11.8. The molecule has 0 bridgehead atoms. The van der Waals surface area contributed by atoms with Gasteiger partial charge in [-0.05, 0) is 60.5 Å². The van der Waals surface area contributed by atoms with Crippen molar-refractivity contribution in [1.82, 2.24) is 29.8 Å². The number of amides is 2. The minimum atomic E-state index is -0.388. The molecule has 40 heavy (non-hydrogen) atoms. The van der Waals surface area contributed by atoms with Gasteiger partial charge in [0.1, 0.15) is 11.4 Å². The first-order valence-corrected chi connectivity index (χ1v) is 14.1. The standard InChI is InChI=1S/C30H32N6O3S/c1-19(2)12-23(17-37)33-30(39)27-26(22-9-11-40-18-22)34-28-25(8-5-10-35(27)28)29(38)31-14-21-15-32-36(16-21)24-7-4-6-20(3)13-24/h4-11,13,15-16,18-19,23,37H,12,14,17H2,1-3H3,(H,31,38)(H,33,39)/t23-/m0/s1. The van der Waals surface area contributed by atoms with E-state index in [-0.39, 0.29) is 31.0 Å². The first kappa shape index (κ1) is 27.3. The summed E-state index contributed by atoms with van der Waals surface area (Å²) in [5, 5.41) is 24.0. The molecule has 3 N–H and O–H groups in total. The second-order valence-electron chi connectivity index (χ2n) is 10.2. The zero-order valence-electron chi connectivity index (χ0n) is 22.7. The quantitative estimate of drug-likeness (QED) is 0.232. The molecule has 5 rings (SSSR count). The molecule has 0 saturated heterocycles. The SMILES string of the molecule is Cc1cccc(-n2cc(CNC(=O)c3cccn4c(C(=O)N[C@H](CO)CC(C)C)c(-c5ccsc5)nc34)cn2)c1. The lowest BCUT2D eigenvalue weighted by Crippen LogP contribution is -2.39. The topological polar surface area (TPSA) is 114 Å². The van der Waals surface area contributed by atoms with Crippen LogP contribution in [-0.4, -0.2) is 48.7 Å². The van der Waals surface area contributed by atoms with Gasteiger partial charge in [0.05, 0.1) is 30.1 Å². The summed E-state index contributed by atoms with van der Waals surface area (Å²) in [5.41, 5.74) is 5.27. The molecular weight excluding hydrogens is 524 g/mol. The average Bonchev–Trinajstić information content (AvgIpc) is 3.70. The van der Waals surface area contributed by atoms with E-state index in [1.807, 2.05) is 68.1 Å². The van der Waals surface area contributed by atoms with Crippen molar-refractivity contribution >= 4 is 28.8 Å². The Kier molecular flexibility index (Phi) is 8.09. The van der Waals surface area contributed by atoms with Crippen LogP contribution < -0.4 is 10.6 Å². The van der Waals surface area contributed by atoms with Gasteiger partial charge in [-0.25, -0.2) is 9.67 Å². The van der Waals surface area contributed by atoms with Gasteiger partial charge in [0.15, 0.2) is 5.65 Å². The first-order valence-electron chi connectivity index (χ1n) is 13.2. The molecule has 0 spiro atoms. The number of pyridine rings is 1. The Hall–Kier alpha value is -4.28. The molecule has 10 heteroatoms. The van der Waals surface area contributed by atoms with Gasteiger partial charge in [0.2, 0.25) is 0 Å². The van der Waals surface area contributed by atoms with Crippen LogP contribution in [0.3, 0.4) is 0 Å². The van der Waals surface area contributed by atoms with Crippen LogP contribution in [0.1, 0.15) is 52.2 Å². The van der Waals surface area contributed by atoms with E-state index in [4.69, 9.17) is 4.98 Å². The highest BCUT2D eigenvalue weighted by atomic mass is 32.1. The average molecular weight is 557 g/mol. The zero-order chi connectivity index (χ0) is 28.2. The zero-order valence-corrected chi connectivity index (χ0v) is 23.5. The van der Waals surface area contributed by atoms with Gasteiger partial charge in [-0.3, -0.25) is 14.0 Å². The number of imidazole rings is 1. The molecule has 1 atom stereocenters. The molecule has 5 aromatic rings. The summed E-state index contributed by atoms with van der Waals surface area (Å²) in [4.78, 5) is 31.6. The van der Waals surface area contributed by atoms with E-state index in [0.717, 1.165) is 22.4 Å². The van der Waals surface area contributed by atoms with Crippen LogP contribution in [0.15, 0.2) is 71.8 Å². The Balaban J connectivity index is 1.42. The lowest BCUT2D eigenvalue weighted by molar-refractivity contribution is 0.0901. The number of carbonyl (C=O) groups is 2. The van der Waals surface area contributed by atoms with Crippen LogP contribution in [0, 0.1) is 12.8 Å². The molecule has 0 saturated carbocycles. The number of aromatic nitrogens is 4. The Bertz CT molecular complexity index is 1640. The van der Waals surface area contributed by atoms with Gasteiger partial charge in [0, 0.05) is 35.4 Å². The lowest BCUT2D eigenvalue weighted by Gasteiger charge is -2.18. The Labute approximate surface area is 236 Å². The molecule has 0 aliphatic carbocycles. The van der Waals surface area contributed by atoms with Gasteiger partial charge >= 0.3 is 0 Å². The van der Waals surface area contributed by atoms with Gasteiger partial charge in [-0.1, -0.05) is 26.0 Å². The van der Waals surface area contributed by atoms with E-state index >= 15 is 0 Å². The molecule has 0 aliphatic rings. The van der Waals surface area contributed by atoms with Gasteiger partial charge in [0.25, 0.3) is 11.8 Å². The van der Waals surface area contributed by atoms with Crippen LogP contribution in [0.4, 0.5) is 0 Å². The maximum absolute atomic E-state index is 13.5. The Morgan fingerprint density at radius 1 is 1.12 bits per heavy atom. The van der Waals surface area contributed by atoms with Crippen molar-refractivity contribution in [3.8, 4) is 16.9 Å². The summed E-state index contributed by atoms with van der Waals surface area (Å²) in [6.45, 7) is 6.23. The molecule has 4 aromatic heterocycles. The van der Waals surface area contributed by atoms with Crippen molar-refractivity contribution in [1.29, 1.82) is 0 Å². The Morgan fingerprint density at radius 2 is 1.98 bits per heavy atom. The van der Waals surface area contributed by atoms with Crippen LogP contribution >= 0.6 is 11.3 Å². The fraction of sp³-hybridized carbons (Fsp3) is 0.267. The Morgan fingerprint density at radius 3 is 2.70 bits per heavy atom. The van der Waals surface area contributed by atoms with E-state index in [9.17, 15) is 14.7 Å². The van der Waals surface area contributed by atoms with E-state index in [1.54, 1.807) is 33.6 Å². The monoisotopic (exact) mass is 556 g/mol. The smallest absolute Gasteiger partial charge is 0.270 e. The summed E-state index contributed by atoms with van der Waals surface area (Å²) in [5.74, 6) is -0.361. The molecule has 9 nitrogen and oxygen atoms in total. The molecule has 0 aliphatic heterocycles. The van der Waals surface area contributed by atoms with Crippen LogP contribution in [-0.2, 0) is 6.54 Å². The number of benzene rings is 1. The van der Waals surface area contributed by atoms with Crippen LogP contribution in [0.25, 0.3) is 22.6 Å². The van der Waals surface area contributed by atoms with Crippen molar-refractivity contribution in [2.75, 3.05) is 6.61 Å². The molecule has 0 radical (unpaired) electrons. The molecule has 2 amide bonds. The van der Waals surface area contributed by atoms with Crippen molar-refractivity contribution in [3.05, 3.63) is 94.2 Å². The lowest BCUT2D eigenvalue weighted by atomic mass is 10.0. The van der Waals surface area contributed by atoms with E-state index in [0.29, 0.717) is 34.9 Å². The summed E-state index contributed by atoms with van der Waals surface area (Å²) < 4.78 is 3.43. The minimum Gasteiger partial charge on any atom is -0.394 e. The predicted octanol–water partition coefficient (Wildman–Crippen LogP) is 4.62. The first-order chi connectivity index (χ1) is 19.3.